The van der Waals surface area contributed by atoms with Crippen LogP contribution in [0.3, 0.4) is 0 Å². The summed E-state index contributed by atoms with van der Waals surface area (Å²) in [5.74, 6) is -0.0234. The predicted octanol–water partition coefficient (Wildman–Crippen LogP) is 6.38. The molecule has 2 aliphatic rings. The van der Waals surface area contributed by atoms with Gasteiger partial charge in [-0.3, -0.25) is 14.4 Å². The van der Waals surface area contributed by atoms with Crippen LogP contribution in [0.4, 0.5) is 0 Å². The molecule has 3 heterocycles. The third kappa shape index (κ3) is 6.00. The number of likely N-dealkylation sites (tertiary alicyclic amines) is 1. The molecule has 1 fully saturated rings. The molecule has 5 rings (SSSR count). The Morgan fingerprint density at radius 2 is 1.81 bits per heavy atom. The van der Waals surface area contributed by atoms with Gasteiger partial charge < -0.3 is 15.1 Å². The number of rotatable bonds is 8. The Morgan fingerprint density at radius 3 is 2.43 bits per heavy atom. The van der Waals surface area contributed by atoms with E-state index in [0.717, 1.165) is 40.1 Å². The fourth-order valence-electron chi connectivity index (χ4n) is 6.38. The van der Waals surface area contributed by atoms with Gasteiger partial charge in [-0.25, -0.2) is 4.98 Å². The summed E-state index contributed by atoms with van der Waals surface area (Å²) in [6.45, 7) is 13.2. The summed E-state index contributed by atoms with van der Waals surface area (Å²) in [6, 6.07) is 14.5. The quantitative estimate of drug-likeness (QED) is 0.332. The molecule has 42 heavy (non-hydrogen) atoms. The predicted molar refractivity (Wildman–Crippen MR) is 167 cm³/mol. The highest BCUT2D eigenvalue weighted by molar-refractivity contribution is 7.13. The lowest BCUT2D eigenvalue weighted by Gasteiger charge is -2.40. The Morgan fingerprint density at radius 1 is 1.10 bits per heavy atom. The molecular formula is C34H42N4O3S. The highest BCUT2D eigenvalue weighted by atomic mass is 32.1. The molecule has 3 aromatic rings. The summed E-state index contributed by atoms with van der Waals surface area (Å²) in [6.07, 6.45) is 2.16. The van der Waals surface area contributed by atoms with Crippen molar-refractivity contribution < 1.29 is 14.4 Å². The van der Waals surface area contributed by atoms with Gasteiger partial charge in [0.25, 0.3) is 5.91 Å². The van der Waals surface area contributed by atoms with Crippen LogP contribution in [0.5, 0.6) is 0 Å². The normalized spacial score (nSPS) is 18.4. The van der Waals surface area contributed by atoms with Crippen LogP contribution >= 0.6 is 11.3 Å². The minimum absolute atomic E-state index is 0.118. The van der Waals surface area contributed by atoms with E-state index in [4.69, 9.17) is 0 Å². The highest BCUT2D eigenvalue weighted by Crippen LogP contribution is 2.35. The van der Waals surface area contributed by atoms with Gasteiger partial charge in [-0.2, -0.15) is 0 Å². The van der Waals surface area contributed by atoms with Crippen molar-refractivity contribution in [1.29, 1.82) is 0 Å². The maximum absolute atomic E-state index is 14.2. The fraction of sp³-hybridized carbons (Fsp3) is 0.471. The van der Waals surface area contributed by atoms with Gasteiger partial charge in [0, 0.05) is 18.7 Å². The zero-order chi connectivity index (χ0) is 30.2. The van der Waals surface area contributed by atoms with Crippen LogP contribution in [0.25, 0.3) is 10.4 Å². The Kier molecular flexibility index (Phi) is 8.56. The van der Waals surface area contributed by atoms with Crippen molar-refractivity contribution in [1.82, 2.24) is 20.1 Å². The molecule has 1 N–H and O–H groups in total. The molecule has 2 aromatic carbocycles. The van der Waals surface area contributed by atoms with E-state index < -0.39 is 17.5 Å². The van der Waals surface area contributed by atoms with Crippen LogP contribution in [0.2, 0.25) is 0 Å². The molecule has 1 saturated heterocycles. The number of hydrogen-bond donors (Lipinski definition) is 1. The number of carbonyl (C=O) groups excluding carboxylic acids is 3. The maximum Gasteiger partial charge on any atom is 0.255 e. The first-order valence-corrected chi connectivity index (χ1v) is 15.8. The van der Waals surface area contributed by atoms with Gasteiger partial charge in [0.2, 0.25) is 11.8 Å². The van der Waals surface area contributed by atoms with Crippen LogP contribution in [-0.2, 0) is 16.1 Å². The van der Waals surface area contributed by atoms with Crippen molar-refractivity contribution in [3.63, 3.8) is 0 Å². The molecule has 1 aromatic heterocycles. The molecular weight excluding hydrogens is 544 g/mol. The number of nitrogens with one attached hydrogen (secondary N) is 1. The molecule has 7 nitrogen and oxygen atoms in total. The number of nitrogens with zero attached hydrogens (tertiary/aromatic N) is 3. The van der Waals surface area contributed by atoms with E-state index in [9.17, 15) is 14.4 Å². The zero-order valence-corrected chi connectivity index (χ0v) is 26.3. The van der Waals surface area contributed by atoms with E-state index in [0.29, 0.717) is 31.0 Å². The van der Waals surface area contributed by atoms with Gasteiger partial charge in [0.1, 0.15) is 12.1 Å². The van der Waals surface area contributed by atoms with Crippen LogP contribution < -0.4 is 5.32 Å². The van der Waals surface area contributed by atoms with E-state index >= 15 is 0 Å². The lowest BCUT2D eigenvalue weighted by atomic mass is 9.84. The number of carbonyl (C=O) groups is 3. The molecule has 0 radical (unpaired) electrons. The molecule has 0 saturated carbocycles. The number of hydrogen-bond acceptors (Lipinski definition) is 5. The fourth-order valence-corrected chi connectivity index (χ4v) is 7.19. The highest BCUT2D eigenvalue weighted by Gasteiger charge is 2.47. The molecule has 222 valence electrons. The third-order valence-electron chi connectivity index (χ3n) is 8.40. The summed E-state index contributed by atoms with van der Waals surface area (Å²) in [5.41, 5.74) is 6.13. The Bertz CT molecular complexity index is 1460. The largest absolute Gasteiger partial charge is 0.347 e. The maximum atomic E-state index is 14.2. The molecule has 3 amide bonds. The first-order valence-electron chi connectivity index (χ1n) is 15.0. The second-order valence-electron chi connectivity index (χ2n) is 13.1. The van der Waals surface area contributed by atoms with Crippen LogP contribution in [0, 0.1) is 18.3 Å². The first kappa shape index (κ1) is 30.0. The van der Waals surface area contributed by atoms with E-state index in [2.05, 4.69) is 48.4 Å². The molecule has 0 bridgehead atoms. The van der Waals surface area contributed by atoms with Gasteiger partial charge >= 0.3 is 0 Å². The lowest BCUT2D eigenvalue weighted by Crippen LogP contribution is -2.58. The Balaban J connectivity index is 1.35. The summed E-state index contributed by atoms with van der Waals surface area (Å²) < 4.78 is 0. The molecule has 0 aliphatic carbocycles. The first-order chi connectivity index (χ1) is 20.0. The monoisotopic (exact) mass is 586 g/mol. The molecule has 8 heteroatoms. The number of amides is 3. The second kappa shape index (κ2) is 12.0. The van der Waals surface area contributed by atoms with Crippen molar-refractivity contribution in [3.05, 3.63) is 76.4 Å². The van der Waals surface area contributed by atoms with E-state index in [-0.39, 0.29) is 23.8 Å². The smallest absolute Gasteiger partial charge is 0.255 e. The number of thiazole rings is 1. The van der Waals surface area contributed by atoms with E-state index in [1.807, 2.05) is 57.5 Å². The zero-order valence-electron chi connectivity index (χ0n) is 25.5. The summed E-state index contributed by atoms with van der Waals surface area (Å²) >= 11 is 1.62. The average Bonchev–Trinajstić information content (AvgIpc) is 3.67. The number of aromatic nitrogens is 1. The van der Waals surface area contributed by atoms with Crippen LogP contribution in [0.1, 0.15) is 87.1 Å². The lowest BCUT2D eigenvalue weighted by molar-refractivity contribution is -0.145. The minimum atomic E-state index is -0.667. The second-order valence-corrected chi connectivity index (χ2v) is 14.0. The van der Waals surface area contributed by atoms with Gasteiger partial charge in [0.05, 0.1) is 22.1 Å². The summed E-state index contributed by atoms with van der Waals surface area (Å²) in [4.78, 5) is 50.5. The van der Waals surface area contributed by atoms with Gasteiger partial charge in [-0.05, 0) is 60.3 Å². The van der Waals surface area contributed by atoms with Crippen molar-refractivity contribution in [2.45, 2.75) is 85.5 Å². The van der Waals surface area contributed by atoms with Crippen molar-refractivity contribution in [2.75, 3.05) is 6.54 Å². The van der Waals surface area contributed by atoms with Gasteiger partial charge in [0.15, 0.2) is 0 Å². The van der Waals surface area contributed by atoms with Crippen molar-refractivity contribution in [2.24, 2.45) is 11.3 Å². The molecule has 0 spiro atoms. The molecule has 3 unspecified atom stereocenters. The average molecular weight is 587 g/mol. The number of benzene rings is 2. The van der Waals surface area contributed by atoms with Crippen molar-refractivity contribution in [3.8, 4) is 10.4 Å². The van der Waals surface area contributed by atoms with Crippen molar-refractivity contribution >= 4 is 29.1 Å². The standard InChI is InChI=1S/C34H42N4O3S/c1-21(2)18-27(23-13-15-24(16-14-23)29-22(3)35-20-42-29)36-31(39)28-12-9-17-37(28)33(41)30(34(4,5)6)38-19-25-10-7-8-11-26(25)32(38)40/h7-8,10-11,13-16,20-21,27-28,30H,9,12,17-19H2,1-6H3,(H,36,39). The number of aryl methyl sites for hydroxylation is 1. The van der Waals surface area contributed by atoms with Crippen LogP contribution in [0.15, 0.2) is 54.0 Å². The SMILES string of the molecule is Cc1ncsc1-c1ccc(C(CC(C)C)NC(=O)C2CCCN2C(=O)C(N2Cc3ccccc3C2=O)C(C)(C)C)cc1. The minimum Gasteiger partial charge on any atom is -0.347 e. The van der Waals surface area contributed by atoms with E-state index in [1.54, 1.807) is 21.1 Å². The topological polar surface area (TPSA) is 82.6 Å². The Labute approximate surface area is 253 Å². The van der Waals surface area contributed by atoms with Gasteiger partial charge in [-0.15, -0.1) is 11.3 Å². The Hall–Kier alpha value is -3.52. The number of fused-ring (bicyclic) bond motifs is 1. The third-order valence-corrected chi connectivity index (χ3v) is 9.38. The van der Waals surface area contributed by atoms with E-state index in [1.165, 1.54) is 0 Å². The molecule has 3 atom stereocenters. The van der Waals surface area contributed by atoms with Crippen LogP contribution in [-0.4, -0.2) is 51.1 Å². The van der Waals surface area contributed by atoms with Gasteiger partial charge in [-0.1, -0.05) is 77.1 Å². The summed E-state index contributed by atoms with van der Waals surface area (Å²) in [5, 5.41) is 3.30. The molecule has 2 aliphatic heterocycles. The summed E-state index contributed by atoms with van der Waals surface area (Å²) in [7, 11) is 0.